The highest BCUT2D eigenvalue weighted by molar-refractivity contribution is 8.01. The van der Waals surface area contributed by atoms with Gasteiger partial charge >= 0.3 is 0 Å². The fraction of sp³-hybridized carbons (Fsp3) is 0.310. The summed E-state index contributed by atoms with van der Waals surface area (Å²) in [7, 11) is 0. The molecule has 2 aliphatic heterocycles. The Morgan fingerprint density at radius 2 is 2.03 bits per heavy atom. The maximum atomic E-state index is 12.6. The molecule has 2 aromatic carbocycles. The number of halogens is 2. The molecule has 0 saturated carbocycles. The molecule has 3 aromatic rings. The highest BCUT2D eigenvalue weighted by atomic mass is 35.5. The van der Waals surface area contributed by atoms with Crippen molar-refractivity contribution in [2.24, 2.45) is 0 Å². The van der Waals surface area contributed by atoms with Crippen LogP contribution in [0.25, 0.3) is 11.3 Å². The minimum atomic E-state index is 0.0622. The molecule has 0 aliphatic carbocycles. The van der Waals surface area contributed by atoms with E-state index in [1.807, 2.05) is 30.5 Å². The SMILES string of the molecule is O=C(CSc1nc(-c2cccc(NCC3=CCNC=C3)c2)cs1)NC1CCN(Cc2ccc(Cl)c(Cl)c2)CC1. The molecule has 0 bridgehead atoms. The number of piperidine rings is 1. The van der Waals surface area contributed by atoms with E-state index in [1.165, 1.54) is 17.3 Å². The molecule has 39 heavy (non-hydrogen) atoms. The van der Waals surface area contributed by atoms with Crippen LogP contribution in [0.1, 0.15) is 18.4 Å². The number of dihydropyridines is 1. The molecule has 1 aromatic heterocycles. The summed E-state index contributed by atoms with van der Waals surface area (Å²) in [5.41, 5.74) is 5.47. The van der Waals surface area contributed by atoms with Crippen molar-refractivity contribution in [1.29, 1.82) is 0 Å². The molecule has 0 spiro atoms. The van der Waals surface area contributed by atoms with E-state index in [0.29, 0.717) is 15.8 Å². The average Bonchev–Trinajstić information content (AvgIpc) is 3.44. The van der Waals surface area contributed by atoms with E-state index in [4.69, 9.17) is 28.2 Å². The second kappa shape index (κ2) is 13.7. The lowest BCUT2D eigenvalue weighted by atomic mass is 10.0. The van der Waals surface area contributed by atoms with Gasteiger partial charge in [0, 0.05) is 55.4 Å². The second-order valence-corrected chi connectivity index (χ2v) is 12.5. The van der Waals surface area contributed by atoms with Crippen LogP contribution in [0, 0.1) is 0 Å². The first-order valence-electron chi connectivity index (χ1n) is 13.0. The molecule has 6 nitrogen and oxygen atoms in total. The maximum Gasteiger partial charge on any atom is 0.230 e. The molecule has 1 saturated heterocycles. The first-order valence-corrected chi connectivity index (χ1v) is 15.6. The second-order valence-electron chi connectivity index (χ2n) is 9.61. The number of amides is 1. The number of rotatable bonds is 10. The predicted molar refractivity (Wildman–Crippen MR) is 165 cm³/mol. The lowest BCUT2D eigenvalue weighted by Gasteiger charge is -2.32. The quantitative estimate of drug-likeness (QED) is 0.233. The summed E-state index contributed by atoms with van der Waals surface area (Å²) in [6.45, 7) is 4.36. The van der Waals surface area contributed by atoms with Crippen molar-refractivity contribution in [2.75, 3.05) is 37.2 Å². The number of carbonyl (C=O) groups excluding carboxylic acids is 1. The minimum absolute atomic E-state index is 0.0622. The van der Waals surface area contributed by atoms with Gasteiger partial charge in [-0.2, -0.15) is 0 Å². The Hall–Kier alpha value is -2.49. The van der Waals surface area contributed by atoms with E-state index in [-0.39, 0.29) is 11.9 Å². The molecular weight excluding hydrogens is 569 g/mol. The van der Waals surface area contributed by atoms with Gasteiger partial charge in [0.15, 0.2) is 4.34 Å². The van der Waals surface area contributed by atoms with Crippen LogP contribution in [0.2, 0.25) is 10.0 Å². The summed E-state index contributed by atoms with van der Waals surface area (Å²) in [6.07, 6.45) is 8.12. The van der Waals surface area contributed by atoms with Gasteiger partial charge in [0.05, 0.1) is 21.5 Å². The topological polar surface area (TPSA) is 69.3 Å². The number of likely N-dealkylation sites (tertiary alicyclic amines) is 1. The number of thioether (sulfide) groups is 1. The Morgan fingerprint density at radius 3 is 2.82 bits per heavy atom. The molecule has 1 fully saturated rings. The normalized spacial score (nSPS) is 16.0. The lowest BCUT2D eigenvalue weighted by molar-refractivity contribution is -0.119. The largest absolute Gasteiger partial charge is 0.387 e. The number of anilines is 1. The van der Waals surface area contributed by atoms with Gasteiger partial charge in [0.2, 0.25) is 5.91 Å². The third-order valence-electron chi connectivity index (χ3n) is 6.71. The van der Waals surface area contributed by atoms with Crippen LogP contribution in [0.15, 0.2) is 76.1 Å². The number of carbonyl (C=O) groups is 1. The molecule has 1 amide bonds. The molecule has 3 N–H and O–H groups in total. The van der Waals surface area contributed by atoms with Crippen LogP contribution in [0.3, 0.4) is 0 Å². The monoisotopic (exact) mass is 599 g/mol. The Kier molecular flexibility index (Phi) is 9.87. The highest BCUT2D eigenvalue weighted by Gasteiger charge is 2.21. The smallest absolute Gasteiger partial charge is 0.230 e. The summed E-state index contributed by atoms with van der Waals surface area (Å²) < 4.78 is 0.903. The fourth-order valence-corrected chi connectivity index (χ4v) is 6.57. The Morgan fingerprint density at radius 1 is 1.15 bits per heavy atom. The summed E-state index contributed by atoms with van der Waals surface area (Å²) in [5.74, 6) is 0.433. The molecule has 2 aliphatic rings. The van der Waals surface area contributed by atoms with E-state index in [2.05, 4.69) is 56.6 Å². The zero-order valence-electron chi connectivity index (χ0n) is 21.5. The van der Waals surface area contributed by atoms with Gasteiger partial charge < -0.3 is 16.0 Å². The van der Waals surface area contributed by atoms with E-state index >= 15 is 0 Å². The van der Waals surface area contributed by atoms with Crippen LogP contribution >= 0.6 is 46.3 Å². The molecule has 204 valence electrons. The predicted octanol–water partition coefficient (Wildman–Crippen LogP) is 6.45. The molecular formula is C29H31Cl2N5OS2. The number of hydrogen-bond donors (Lipinski definition) is 3. The molecule has 0 radical (unpaired) electrons. The first kappa shape index (κ1) is 28.1. The summed E-state index contributed by atoms with van der Waals surface area (Å²) >= 11 is 15.3. The Labute approximate surface area is 247 Å². The van der Waals surface area contributed by atoms with Crippen molar-refractivity contribution in [1.82, 2.24) is 20.5 Å². The number of thiazole rings is 1. The van der Waals surface area contributed by atoms with Gasteiger partial charge in [0.1, 0.15) is 0 Å². The van der Waals surface area contributed by atoms with Crippen molar-refractivity contribution in [3.63, 3.8) is 0 Å². The molecule has 0 unspecified atom stereocenters. The number of nitrogens with zero attached hydrogens (tertiary/aromatic N) is 2. The third kappa shape index (κ3) is 8.25. The van der Waals surface area contributed by atoms with Crippen molar-refractivity contribution < 1.29 is 4.79 Å². The highest BCUT2D eigenvalue weighted by Crippen LogP contribution is 2.30. The van der Waals surface area contributed by atoms with E-state index < -0.39 is 0 Å². The van der Waals surface area contributed by atoms with Crippen molar-refractivity contribution in [2.45, 2.75) is 29.8 Å². The van der Waals surface area contributed by atoms with Crippen molar-refractivity contribution in [3.05, 3.63) is 87.4 Å². The molecule has 3 heterocycles. The number of benzene rings is 2. The minimum Gasteiger partial charge on any atom is -0.387 e. The van der Waals surface area contributed by atoms with E-state index in [9.17, 15) is 4.79 Å². The molecule has 5 rings (SSSR count). The van der Waals surface area contributed by atoms with Crippen LogP contribution in [-0.2, 0) is 11.3 Å². The Bertz CT molecular complexity index is 1350. The van der Waals surface area contributed by atoms with Gasteiger partial charge in [-0.25, -0.2) is 4.98 Å². The standard InChI is InChI=1S/C29H31Cl2N5OS2/c30-25-5-4-21(14-26(25)31)17-36-12-8-23(9-13-36)34-28(37)19-39-29-35-27(18-38-29)22-2-1-3-24(15-22)33-16-20-6-10-32-11-7-20/h1-7,10,14-15,18,23,32-33H,8-9,11-13,16-17,19H2,(H,34,37). The molecule has 10 heteroatoms. The van der Waals surface area contributed by atoms with E-state index in [0.717, 1.165) is 72.4 Å². The molecule has 0 atom stereocenters. The fourth-order valence-electron chi connectivity index (χ4n) is 4.60. The summed E-state index contributed by atoms with van der Waals surface area (Å²) in [4.78, 5) is 19.8. The average molecular weight is 601 g/mol. The van der Waals surface area contributed by atoms with Crippen LogP contribution in [0.5, 0.6) is 0 Å². The number of nitrogens with one attached hydrogen (secondary N) is 3. The summed E-state index contributed by atoms with van der Waals surface area (Å²) in [6, 6.07) is 14.3. The van der Waals surface area contributed by atoms with Gasteiger partial charge in [-0.05, 0) is 60.5 Å². The van der Waals surface area contributed by atoms with Gasteiger partial charge in [-0.3, -0.25) is 9.69 Å². The van der Waals surface area contributed by atoms with Crippen LogP contribution in [-0.4, -0.2) is 53.8 Å². The number of hydrogen-bond acceptors (Lipinski definition) is 7. The Balaban J connectivity index is 1.04. The van der Waals surface area contributed by atoms with Crippen molar-refractivity contribution in [3.8, 4) is 11.3 Å². The maximum absolute atomic E-state index is 12.6. The summed E-state index contributed by atoms with van der Waals surface area (Å²) in [5, 5.41) is 13.1. The van der Waals surface area contributed by atoms with Gasteiger partial charge in [-0.1, -0.05) is 59.2 Å². The van der Waals surface area contributed by atoms with Gasteiger partial charge in [0.25, 0.3) is 0 Å². The zero-order valence-corrected chi connectivity index (χ0v) is 24.6. The van der Waals surface area contributed by atoms with E-state index in [1.54, 1.807) is 11.3 Å². The van der Waals surface area contributed by atoms with Crippen LogP contribution < -0.4 is 16.0 Å². The first-order chi connectivity index (χ1) is 19.0. The zero-order chi connectivity index (χ0) is 27.0. The van der Waals surface area contributed by atoms with Crippen molar-refractivity contribution >= 4 is 57.9 Å². The lowest BCUT2D eigenvalue weighted by Crippen LogP contribution is -2.44. The van der Waals surface area contributed by atoms with Crippen LogP contribution in [0.4, 0.5) is 5.69 Å². The number of aromatic nitrogens is 1. The van der Waals surface area contributed by atoms with Gasteiger partial charge in [-0.15, -0.1) is 11.3 Å². The third-order valence-corrected chi connectivity index (χ3v) is 9.47.